The van der Waals surface area contributed by atoms with E-state index >= 15 is 0 Å². The molecule has 334 valence electrons. The number of sulfonamides is 1. The third-order valence-electron chi connectivity index (χ3n) is 13.2. The van der Waals surface area contributed by atoms with Crippen molar-refractivity contribution in [3.8, 4) is 5.69 Å². The molecule has 6 aromatic rings. The molecule has 1 aliphatic heterocycles. The number of benzene rings is 3. The molecule has 1 saturated heterocycles. The lowest BCUT2D eigenvalue weighted by molar-refractivity contribution is -0.384. The molecule has 0 spiro atoms. The average Bonchev–Trinajstić information content (AvgIpc) is 3.92. The minimum atomic E-state index is -4.58. The minimum Gasteiger partial charge on any atom is -0.393 e. The Morgan fingerprint density at radius 3 is 2.52 bits per heavy atom. The van der Waals surface area contributed by atoms with E-state index in [9.17, 15) is 28.4 Å². The molecule has 0 unspecified atom stereocenters. The summed E-state index contributed by atoms with van der Waals surface area (Å²) < 4.78 is 31.5. The molecule has 64 heavy (non-hydrogen) atoms. The molecular weight excluding hydrogens is 854 g/mol. The van der Waals surface area contributed by atoms with Gasteiger partial charge in [-0.1, -0.05) is 43.2 Å². The summed E-state index contributed by atoms with van der Waals surface area (Å²) in [4.78, 5) is 37.9. The van der Waals surface area contributed by atoms with Crippen LogP contribution >= 0.6 is 11.6 Å². The number of hydrogen-bond acceptors (Lipinski definition) is 11. The van der Waals surface area contributed by atoms with E-state index in [1.54, 1.807) is 23.1 Å². The summed E-state index contributed by atoms with van der Waals surface area (Å²) >= 11 is 6.26. The van der Waals surface area contributed by atoms with Gasteiger partial charge in [0.1, 0.15) is 16.9 Å². The zero-order valence-electron chi connectivity index (χ0n) is 35.9. The number of anilines is 2. The Hall–Kier alpha value is -5.81. The van der Waals surface area contributed by atoms with E-state index in [-0.39, 0.29) is 28.7 Å². The van der Waals surface area contributed by atoms with Gasteiger partial charge in [-0.05, 0) is 122 Å². The number of nitro groups is 1. The Kier molecular flexibility index (Phi) is 12.0. The zero-order chi connectivity index (χ0) is 44.8. The van der Waals surface area contributed by atoms with Gasteiger partial charge in [0.15, 0.2) is 0 Å². The maximum atomic E-state index is 14.2. The number of aromatic nitrogens is 4. The summed E-state index contributed by atoms with van der Waals surface area (Å²) in [5.74, 6) is -0.699. The van der Waals surface area contributed by atoms with Crippen molar-refractivity contribution in [3.05, 3.63) is 117 Å². The number of amides is 1. The molecule has 3 aromatic carbocycles. The van der Waals surface area contributed by atoms with Crippen LogP contribution in [0, 0.1) is 21.4 Å². The van der Waals surface area contributed by atoms with Gasteiger partial charge in [-0.3, -0.25) is 19.8 Å². The fraction of sp³-hybridized carbons (Fsp3) is 0.383. The fourth-order valence-electron chi connectivity index (χ4n) is 9.42. The predicted molar refractivity (Wildman–Crippen MR) is 250 cm³/mol. The number of carbonyl (C=O) groups excluding carboxylic acids is 1. The lowest BCUT2D eigenvalue weighted by Gasteiger charge is -2.39. The molecule has 2 aliphatic carbocycles. The van der Waals surface area contributed by atoms with Crippen LogP contribution in [0.1, 0.15) is 74.7 Å². The number of halogens is 1. The first-order valence-corrected chi connectivity index (χ1v) is 23.7. The van der Waals surface area contributed by atoms with Gasteiger partial charge in [0, 0.05) is 67.6 Å². The molecule has 1 amide bonds. The van der Waals surface area contributed by atoms with Crippen molar-refractivity contribution < 1.29 is 23.2 Å². The number of aromatic amines is 1. The topological polar surface area (TPSA) is 192 Å². The van der Waals surface area contributed by atoms with E-state index in [1.165, 1.54) is 28.8 Å². The monoisotopic (exact) mass is 905 g/mol. The van der Waals surface area contributed by atoms with Gasteiger partial charge >= 0.3 is 0 Å². The van der Waals surface area contributed by atoms with Gasteiger partial charge in [-0.2, -0.15) is 5.10 Å². The molecule has 0 radical (unpaired) electrons. The first-order valence-electron chi connectivity index (χ1n) is 21.9. The standard InChI is InChI=1S/C47H52ClN9O6S/c1-47(2)17-15-33(39(26-47)31-5-7-34(48)8-6-31)29-54-19-21-55(22-20-54)35-9-13-38(42(24-35)56-43-23-32-16-18-49-45(32)52-41(43)28-51-56)46(59)53-64(62,63)37-12-14-40(44(25-37)57(60)61)50-27-30-3-10-36(58)11-4-30/h5-9,12-14,16,18,23-25,28,30,36,50,58H,3-4,10-11,15,17,19-22,26-27,29H2,1-2H3,(H,49,52)(H,53,59)/t30-,36+. The van der Waals surface area contributed by atoms with Crippen LogP contribution in [-0.2, 0) is 10.0 Å². The summed E-state index contributed by atoms with van der Waals surface area (Å²) in [7, 11) is -4.58. The summed E-state index contributed by atoms with van der Waals surface area (Å²) in [6, 6.07) is 20.8. The number of hydrogen-bond donors (Lipinski definition) is 4. The Morgan fingerprint density at radius 2 is 1.77 bits per heavy atom. The molecule has 2 fully saturated rings. The number of aliphatic hydroxyl groups is 1. The van der Waals surface area contributed by atoms with Gasteiger partial charge in [-0.15, -0.1) is 0 Å². The second-order valence-electron chi connectivity index (χ2n) is 18.2. The minimum absolute atomic E-state index is 0.0393. The highest BCUT2D eigenvalue weighted by Gasteiger charge is 2.31. The number of nitro benzene ring substituents is 1. The van der Waals surface area contributed by atoms with E-state index < -0.39 is 31.4 Å². The highest BCUT2D eigenvalue weighted by atomic mass is 35.5. The third kappa shape index (κ3) is 9.23. The molecular formula is C47H52ClN9O6S. The summed E-state index contributed by atoms with van der Waals surface area (Å²) in [6.07, 6.45) is 9.16. The van der Waals surface area contributed by atoms with Crippen LogP contribution < -0.4 is 14.9 Å². The number of piperazine rings is 1. The third-order valence-corrected chi connectivity index (χ3v) is 14.7. The summed E-state index contributed by atoms with van der Waals surface area (Å²) in [5.41, 5.74) is 7.19. The molecule has 0 bridgehead atoms. The second kappa shape index (κ2) is 17.6. The van der Waals surface area contributed by atoms with Gasteiger partial charge < -0.3 is 20.3 Å². The van der Waals surface area contributed by atoms with Crippen LogP contribution in [0.25, 0.3) is 33.3 Å². The van der Waals surface area contributed by atoms with E-state index in [1.807, 2.05) is 36.4 Å². The molecule has 15 nitrogen and oxygen atoms in total. The number of aliphatic hydroxyl groups excluding tert-OH is 1. The predicted octanol–water partition coefficient (Wildman–Crippen LogP) is 8.33. The largest absolute Gasteiger partial charge is 0.393 e. The van der Waals surface area contributed by atoms with Crippen molar-refractivity contribution >= 4 is 72.2 Å². The van der Waals surface area contributed by atoms with E-state index in [4.69, 9.17) is 16.6 Å². The SMILES string of the molecule is CC1(C)CCC(CN2CCN(c3ccc(C(=O)NS(=O)(=O)c4ccc(NC[C@H]5CC[C@@H](O)CC5)c([N+](=O)[O-])c4)c(-n4ncc5nc6[nH]ccc6cc54)c3)CC2)=C(c2ccc(Cl)cc2)C1. The lowest BCUT2D eigenvalue weighted by atomic mass is 9.72. The Morgan fingerprint density at radius 1 is 1.00 bits per heavy atom. The number of fused-ring (bicyclic) bond motifs is 2. The Balaban J connectivity index is 0.970. The average molecular weight is 907 g/mol. The molecule has 0 atom stereocenters. The van der Waals surface area contributed by atoms with Gasteiger partial charge in [0.05, 0.1) is 38.9 Å². The number of allylic oxidation sites excluding steroid dienone is 1. The first kappa shape index (κ1) is 43.4. The van der Waals surface area contributed by atoms with Gasteiger partial charge in [-0.25, -0.2) is 22.8 Å². The molecule has 9 rings (SSSR count). The van der Waals surface area contributed by atoms with Crippen LogP contribution in [0.5, 0.6) is 0 Å². The number of rotatable bonds is 12. The molecule has 4 N–H and O–H groups in total. The number of nitrogens with zero attached hydrogens (tertiary/aromatic N) is 6. The van der Waals surface area contributed by atoms with Crippen LogP contribution in [-0.4, -0.2) is 94.4 Å². The molecule has 17 heteroatoms. The second-order valence-corrected chi connectivity index (χ2v) is 20.3. The van der Waals surface area contributed by atoms with Crippen molar-refractivity contribution in [1.82, 2.24) is 29.4 Å². The highest BCUT2D eigenvalue weighted by molar-refractivity contribution is 7.90. The van der Waals surface area contributed by atoms with Crippen molar-refractivity contribution in [3.63, 3.8) is 0 Å². The van der Waals surface area contributed by atoms with E-state index in [0.29, 0.717) is 41.8 Å². The quantitative estimate of drug-likeness (QED) is 0.0682. The normalized spacial score (nSPS) is 19.6. The van der Waals surface area contributed by atoms with Crippen molar-refractivity contribution in [2.45, 2.75) is 69.8 Å². The first-order chi connectivity index (χ1) is 30.7. The highest BCUT2D eigenvalue weighted by Crippen LogP contribution is 2.43. The van der Waals surface area contributed by atoms with Crippen LogP contribution in [0.2, 0.25) is 5.02 Å². The molecule has 3 aromatic heterocycles. The lowest BCUT2D eigenvalue weighted by Crippen LogP contribution is -2.47. The van der Waals surface area contributed by atoms with Crippen molar-refractivity contribution in [2.24, 2.45) is 11.3 Å². The number of H-pyrrole nitrogens is 1. The maximum Gasteiger partial charge on any atom is 0.293 e. The van der Waals surface area contributed by atoms with Crippen molar-refractivity contribution in [1.29, 1.82) is 0 Å². The van der Waals surface area contributed by atoms with Gasteiger partial charge in [0.2, 0.25) is 0 Å². The zero-order valence-corrected chi connectivity index (χ0v) is 37.5. The van der Waals surface area contributed by atoms with E-state index in [2.05, 4.69) is 55.9 Å². The smallest absolute Gasteiger partial charge is 0.293 e. The molecule has 3 aliphatic rings. The van der Waals surface area contributed by atoms with Gasteiger partial charge in [0.25, 0.3) is 21.6 Å². The van der Waals surface area contributed by atoms with Crippen LogP contribution in [0.3, 0.4) is 0 Å². The number of pyridine rings is 1. The van der Waals surface area contributed by atoms with Crippen LogP contribution in [0.15, 0.2) is 95.7 Å². The fourth-order valence-corrected chi connectivity index (χ4v) is 10.5. The number of nitrogens with one attached hydrogen (secondary N) is 3. The van der Waals surface area contributed by atoms with Crippen molar-refractivity contribution in [2.75, 3.05) is 49.5 Å². The maximum absolute atomic E-state index is 14.2. The molecule has 4 heterocycles. The van der Waals surface area contributed by atoms with E-state index in [0.717, 1.165) is 87.0 Å². The summed E-state index contributed by atoms with van der Waals surface area (Å²) in [6.45, 7) is 9.10. The molecule has 1 saturated carbocycles. The summed E-state index contributed by atoms with van der Waals surface area (Å²) in [5, 5.41) is 31.3. The van der Waals surface area contributed by atoms with Crippen LogP contribution in [0.4, 0.5) is 17.1 Å². The number of carbonyl (C=O) groups is 1. The Bertz CT molecular complexity index is 2880. The Labute approximate surface area is 376 Å².